The van der Waals surface area contributed by atoms with E-state index in [0.29, 0.717) is 0 Å². The molecule has 0 aromatic heterocycles. The molecule has 1 aliphatic rings. The molecule has 0 bridgehead atoms. The minimum atomic E-state index is 0.743. The van der Waals surface area contributed by atoms with Crippen molar-refractivity contribution in [3.05, 3.63) is 12.3 Å². The zero-order valence-electron chi connectivity index (χ0n) is 7.22. The first-order chi connectivity index (χ1) is 4.63. The third-order valence-corrected chi connectivity index (χ3v) is 2.49. The Morgan fingerprint density at radius 1 is 1.60 bits per heavy atom. The number of hydrogen-bond acceptors (Lipinski definition) is 1. The molecule has 0 radical (unpaired) electrons. The monoisotopic (exact) mass is 139 g/mol. The van der Waals surface area contributed by atoms with Gasteiger partial charge < -0.3 is 4.90 Å². The highest BCUT2D eigenvalue weighted by Gasteiger charge is 2.25. The van der Waals surface area contributed by atoms with Crippen molar-refractivity contribution in [3.63, 3.8) is 0 Å². The summed E-state index contributed by atoms with van der Waals surface area (Å²) >= 11 is 0. The fourth-order valence-electron chi connectivity index (χ4n) is 1.70. The Kier molecular flexibility index (Phi) is 2.02. The zero-order valence-corrected chi connectivity index (χ0v) is 7.22. The molecule has 0 aromatic carbocycles. The van der Waals surface area contributed by atoms with Crippen molar-refractivity contribution >= 4 is 0 Å². The molecule has 1 rings (SSSR count). The van der Waals surface area contributed by atoms with Gasteiger partial charge in [0.2, 0.25) is 0 Å². The molecule has 1 atom stereocenters. The molecule has 1 nitrogen and oxygen atoms in total. The molecular weight excluding hydrogens is 122 g/mol. The average molecular weight is 139 g/mol. The van der Waals surface area contributed by atoms with Crippen LogP contribution in [0.4, 0.5) is 0 Å². The van der Waals surface area contributed by atoms with Crippen LogP contribution in [0.2, 0.25) is 0 Å². The Balaban J connectivity index is 2.57. The van der Waals surface area contributed by atoms with E-state index in [9.17, 15) is 0 Å². The van der Waals surface area contributed by atoms with Crippen LogP contribution in [-0.2, 0) is 0 Å². The lowest BCUT2D eigenvalue weighted by Crippen LogP contribution is -2.28. The van der Waals surface area contributed by atoms with Gasteiger partial charge in [0.05, 0.1) is 0 Å². The minimum absolute atomic E-state index is 0.743. The molecule has 1 saturated heterocycles. The highest BCUT2D eigenvalue weighted by Crippen LogP contribution is 2.28. The lowest BCUT2D eigenvalue weighted by atomic mass is 10.0. The van der Waals surface area contributed by atoms with Gasteiger partial charge in [0.25, 0.3) is 0 Å². The van der Waals surface area contributed by atoms with Crippen LogP contribution in [-0.4, -0.2) is 18.0 Å². The van der Waals surface area contributed by atoms with E-state index in [1.807, 2.05) is 0 Å². The van der Waals surface area contributed by atoms with Crippen molar-refractivity contribution in [1.82, 2.24) is 4.90 Å². The molecule has 1 heteroatoms. The summed E-state index contributed by atoms with van der Waals surface area (Å²) in [6, 6.07) is 0.743. The fraction of sp³-hybridized carbons (Fsp3) is 0.778. The number of rotatable bonds is 1. The molecule has 0 saturated carbocycles. The molecule has 1 heterocycles. The normalized spacial score (nSPS) is 26.6. The van der Waals surface area contributed by atoms with Crippen LogP contribution in [0.5, 0.6) is 0 Å². The predicted molar refractivity (Wildman–Crippen MR) is 44.8 cm³/mol. The highest BCUT2D eigenvalue weighted by molar-refractivity contribution is 5.03. The number of nitrogens with zero attached hydrogens (tertiary/aromatic N) is 1. The number of allylic oxidation sites excluding steroid dienone is 1. The molecule has 1 unspecified atom stereocenters. The van der Waals surface area contributed by atoms with Crippen molar-refractivity contribution in [2.75, 3.05) is 7.05 Å². The van der Waals surface area contributed by atoms with Crippen molar-refractivity contribution in [3.8, 4) is 0 Å². The molecule has 0 aromatic rings. The Hall–Kier alpha value is -0.460. The van der Waals surface area contributed by atoms with Gasteiger partial charge in [-0.15, -0.1) is 0 Å². The van der Waals surface area contributed by atoms with Crippen LogP contribution in [0.3, 0.4) is 0 Å². The molecule has 0 N–H and O–H groups in total. The first kappa shape index (κ1) is 7.64. The first-order valence-corrected chi connectivity index (χ1v) is 4.03. The molecule has 10 heavy (non-hydrogen) atoms. The maximum atomic E-state index is 3.99. The van der Waals surface area contributed by atoms with Gasteiger partial charge >= 0.3 is 0 Å². The van der Waals surface area contributed by atoms with Crippen LogP contribution >= 0.6 is 0 Å². The summed E-state index contributed by atoms with van der Waals surface area (Å²) in [4.78, 5) is 2.32. The quantitative estimate of drug-likeness (QED) is 0.538. The van der Waals surface area contributed by atoms with Crippen molar-refractivity contribution in [2.45, 2.75) is 32.7 Å². The van der Waals surface area contributed by atoms with Crippen LogP contribution in [0.1, 0.15) is 26.7 Å². The summed E-state index contributed by atoms with van der Waals surface area (Å²) < 4.78 is 0. The highest BCUT2D eigenvalue weighted by atomic mass is 15.2. The summed E-state index contributed by atoms with van der Waals surface area (Å²) in [6.07, 6.45) is 2.49. The lowest BCUT2D eigenvalue weighted by molar-refractivity contribution is 0.280. The van der Waals surface area contributed by atoms with Crippen LogP contribution in [0, 0.1) is 5.92 Å². The van der Waals surface area contributed by atoms with Crippen molar-refractivity contribution in [2.24, 2.45) is 5.92 Å². The maximum absolute atomic E-state index is 3.99. The van der Waals surface area contributed by atoms with Gasteiger partial charge in [0.1, 0.15) is 0 Å². The van der Waals surface area contributed by atoms with E-state index in [4.69, 9.17) is 0 Å². The number of hydrogen-bond donors (Lipinski definition) is 0. The van der Waals surface area contributed by atoms with Gasteiger partial charge in [-0.05, 0) is 18.8 Å². The van der Waals surface area contributed by atoms with Gasteiger partial charge in [-0.1, -0.05) is 20.4 Å². The maximum Gasteiger partial charge on any atom is 0.0310 e. The largest absolute Gasteiger partial charge is 0.375 e. The summed E-state index contributed by atoms with van der Waals surface area (Å²) in [6.45, 7) is 8.55. The molecule has 1 fully saturated rings. The second-order valence-corrected chi connectivity index (χ2v) is 3.53. The minimum Gasteiger partial charge on any atom is -0.375 e. The van der Waals surface area contributed by atoms with Crippen LogP contribution in [0.15, 0.2) is 12.3 Å². The van der Waals surface area contributed by atoms with E-state index < -0.39 is 0 Å². The van der Waals surface area contributed by atoms with E-state index in [0.717, 1.165) is 12.0 Å². The summed E-state index contributed by atoms with van der Waals surface area (Å²) in [5.41, 5.74) is 1.30. The fourth-order valence-corrected chi connectivity index (χ4v) is 1.70. The Labute approximate surface area is 63.7 Å². The second-order valence-electron chi connectivity index (χ2n) is 3.53. The van der Waals surface area contributed by atoms with E-state index in [-0.39, 0.29) is 0 Å². The van der Waals surface area contributed by atoms with Gasteiger partial charge in [0, 0.05) is 18.8 Å². The molecule has 0 amide bonds. The second kappa shape index (κ2) is 2.65. The number of likely N-dealkylation sites (tertiary alicyclic amines) is 1. The third kappa shape index (κ3) is 1.18. The Morgan fingerprint density at radius 3 is 2.40 bits per heavy atom. The molecule has 0 aliphatic carbocycles. The Morgan fingerprint density at radius 2 is 2.20 bits per heavy atom. The molecule has 1 aliphatic heterocycles. The lowest BCUT2D eigenvalue weighted by Gasteiger charge is -2.25. The van der Waals surface area contributed by atoms with Gasteiger partial charge in [-0.3, -0.25) is 0 Å². The zero-order chi connectivity index (χ0) is 7.72. The molecule has 0 spiro atoms. The van der Waals surface area contributed by atoms with Gasteiger partial charge in [-0.2, -0.15) is 0 Å². The van der Waals surface area contributed by atoms with Gasteiger partial charge in [0.15, 0.2) is 0 Å². The van der Waals surface area contributed by atoms with E-state index >= 15 is 0 Å². The standard InChI is InChI=1S/C9H17N/c1-7(2)9-6-5-8(3)10(9)4/h7,9H,3,5-6H2,1-2,4H3. The van der Waals surface area contributed by atoms with Gasteiger partial charge in [-0.25, -0.2) is 0 Å². The third-order valence-electron chi connectivity index (χ3n) is 2.49. The topological polar surface area (TPSA) is 3.24 Å². The average Bonchev–Trinajstić information content (AvgIpc) is 2.14. The van der Waals surface area contributed by atoms with Crippen LogP contribution in [0.25, 0.3) is 0 Å². The molecular formula is C9H17N. The Bertz CT molecular complexity index is 138. The summed E-state index contributed by atoms with van der Waals surface area (Å²) in [7, 11) is 2.15. The smallest absolute Gasteiger partial charge is 0.0310 e. The molecule has 58 valence electrons. The predicted octanol–water partition coefficient (Wildman–Crippen LogP) is 2.25. The van der Waals surface area contributed by atoms with E-state index in [1.165, 1.54) is 18.5 Å². The van der Waals surface area contributed by atoms with Crippen molar-refractivity contribution in [1.29, 1.82) is 0 Å². The van der Waals surface area contributed by atoms with E-state index in [1.54, 1.807) is 0 Å². The summed E-state index contributed by atoms with van der Waals surface area (Å²) in [5.74, 6) is 0.768. The first-order valence-electron chi connectivity index (χ1n) is 4.03. The van der Waals surface area contributed by atoms with E-state index in [2.05, 4.69) is 32.4 Å². The van der Waals surface area contributed by atoms with Crippen LogP contribution < -0.4 is 0 Å². The van der Waals surface area contributed by atoms with Crippen molar-refractivity contribution < 1.29 is 0 Å². The summed E-state index contributed by atoms with van der Waals surface area (Å²) in [5, 5.41) is 0. The SMILES string of the molecule is C=C1CCC(C(C)C)N1C.